The molecule has 0 atom stereocenters. The van der Waals surface area contributed by atoms with Crippen molar-refractivity contribution in [3.8, 4) is 0 Å². The van der Waals surface area contributed by atoms with Gasteiger partial charge in [-0.3, -0.25) is 9.71 Å². The first-order chi connectivity index (χ1) is 6.98. The van der Waals surface area contributed by atoms with Crippen LogP contribution in [0.5, 0.6) is 0 Å². The van der Waals surface area contributed by atoms with Gasteiger partial charge in [-0.25, -0.2) is 0 Å². The summed E-state index contributed by atoms with van der Waals surface area (Å²) in [7, 11) is -3.55. The number of hydrogen-bond donors (Lipinski definition) is 1. The third kappa shape index (κ3) is 1.99. The largest absolute Gasteiger partial charge is 0.342 e. The van der Waals surface area contributed by atoms with Crippen LogP contribution in [0.25, 0.3) is 0 Å². The topological polar surface area (TPSA) is 71.4 Å². The van der Waals surface area contributed by atoms with E-state index in [0.717, 1.165) is 5.69 Å². The summed E-state index contributed by atoms with van der Waals surface area (Å²) in [6.07, 6.45) is 2.92. The molecule has 0 unspecified atom stereocenters. The number of anilines is 1. The number of nitrogens with one attached hydrogen (secondary N) is 1. The zero-order valence-electron chi connectivity index (χ0n) is 8.43. The minimum Gasteiger partial charge on any atom is -0.264 e. The molecule has 0 radical (unpaired) electrons. The maximum Gasteiger partial charge on any atom is 0.342 e. The monoisotopic (exact) mass is 225 g/mol. The van der Waals surface area contributed by atoms with E-state index in [1.54, 1.807) is 12.3 Å². The smallest absolute Gasteiger partial charge is 0.264 e. The minimum atomic E-state index is -3.55. The van der Waals surface area contributed by atoms with Crippen molar-refractivity contribution >= 4 is 22.1 Å². The molecule has 0 amide bonds. The first kappa shape index (κ1) is 10.1. The molecule has 0 aliphatic carbocycles. The molecular formula is C9H11N3O2S. The number of pyridine rings is 1. The lowest BCUT2D eigenvalue weighted by atomic mass is 10.1. The fraction of sp³-hybridized carbons (Fsp3) is 0.333. The maximum absolute atomic E-state index is 11.2. The Bertz CT molecular complexity index is 520. The molecule has 15 heavy (non-hydrogen) atoms. The van der Waals surface area contributed by atoms with Crippen LogP contribution in [0.15, 0.2) is 16.7 Å². The molecule has 0 spiro atoms. The second-order valence-corrected chi connectivity index (χ2v) is 5.03. The van der Waals surface area contributed by atoms with E-state index in [0.29, 0.717) is 11.3 Å². The summed E-state index contributed by atoms with van der Waals surface area (Å²) < 4.78 is 28.1. The molecule has 2 heterocycles. The molecule has 5 nitrogen and oxygen atoms in total. The van der Waals surface area contributed by atoms with Crippen molar-refractivity contribution in [1.29, 1.82) is 0 Å². The van der Waals surface area contributed by atoms with Crippen molar-refractivity contribution in [3.05, 3.63) is 23.5 Å². The summed E-state index contributed by atoms with van der Waals surface area (Å²) in [6, 6.07) is 1.74. The van der Waals surface area contributed by atoms with E-state index in [9.17, 15) is 8.42 Å². The third-order valence-corrected chi connectivity index (χ3v) is 2.98. The zero-order valence-corrected chi connectivity index (χ0v) is 9.25. The van der Waals surface area contributed by atoms with Gasteiger partial charge in [0.15, 0.2) is 0 Å². The second kappa shape index (κ2) is 3.30. The normalized spacial score (nSPS) is 17.3. The molecule has 0 saturated heterocycles. The van der Waals surface area contributed by atoms with Gasteiger partial charge in [0.1, 0.15) is 0 Å². The first-order valence-electron chi connectivity index (χ1n) is 4.56. The molecule has 1 aliphatic rings. The van der Waals surface area contributed by atoms with Crippen LogP contribution < -0.4 is 4.72 Å². The molecule has 1 N–H and O–H groups in total. The predicted octanol–water partition coefficient (Wildman–Crippen LogP) is 1.29. The predicted molar refractivity (Wildman–Crippen MR) is 58.5 cm³/mol. The van der Waals surface area contributed by atoms with Crippen LogP contribution in [0.2, 0.25) is 0 Å². The standard InChI is InChI=1S/C9H11N3O2S/c1-6(2)8-3-9-7(4-10-8)5-11-15(13,14)12-9/h3-6,12H,1-2H3. The van der Waals surface area contributed by atoms with Crippen LogP contribution >= 0.6 is 0 Å². The highest BCUT2D eigenvalue weighted by molar-refractivity contribution is 7.91. The van der Waals surface area contributed by atoms with Crippen molar-refractivity contribution in [3.63, 3.8) is 0 Å². The van der Waals surface area contributed by atoms with Gasteiger partial charge in [0.25, 0.3) is 0 Å². The van der Waals surface area contributed by atoms with E-state index >= 15 is 0 Å². The van der Waals surface area contributed by atoms with E-state index in [-0.39, 0.29) is 5.92 Å². The average molecular weight is 225 g/mol. The van der Waals surface area contributed by atoms with Crippen molar-refractivity contribution < 1.29 is 8.42 Å². The van der Waals surface area contributed by atoms with Crippen molar-refractivity contribution in [2.75, 3.05) is 4.72 Å². The molecule has 1 aliphatic heterocycles. The lowest BCUT2D eigenvalue weighted by Gasteiger charge is -2.14. The fourth-order valence-corrected chi connectivity index (χ4v) is 2.04. The van der Waals surface area contributed by atoms with Gasteiger partial charge in [-0.2, -0.15) is 12.8 Å². The summed E-state index contributed by atoms with van der Waals surface area (Å²) in [5.41, 5.74) is 2.09. The highest BCUT2D eigenvalue weighted by atomic mass is 32.2. The Labute approximate surface area is 88.4 Å². The SMILES string of the molecule is CC(C)c1cc2c(cn1)C=NS(=O)(=O)N2. The highest BCUT2D eigenvalue weighted by Crippen LogP contribution is 2.23. The van der Waals surface area contributed by atoms with Gasteiger partial charge in [0.2, 0.25) is 0 Å². The minimum absolute atomic E-state index is 0.263. The molecule has 1 aromatic rings. The second-order valence-electron chi connectivity index (χ2n) is 3.66. The van der Waals surface area contributed by atoms with Crippen molar-refractivity contribution in [1.82, 2.24) is 4.98 Å². The van der Waals surface area contributed by atoms with E-state index in [1.165, 1.54) is 6.21 Å². The molecule has 80 valence electrons. The summed E-state index contributed by atoms with van der Waals surface area (Å²) in [5, 5.41) is 0. The Morgan fingerprint density at radius 2 is 2.13 bits per heavy atom. The number of rotatable bonds is 1. The van der Waals surface area contributed by atoms with E-state index in [4.69, 9.17) is 0 Å². The first-order valence-corrected chi connectivity index (χ1v) is 6.00. The summed E-state index contributed by atoms with van der Waals surface area (Å²) in [4.78, 5) is 4.21. The van der Waals surface area contributed by atoms with Crippen LogP contribution in [0, 0.1) is 0 Å². The molecular weight excluding hydrogens is 214 g/mol. The number of nitrogens with zero attached hydrogens (tertiary/aromatic N) is 2. The van der Waals surface area contributed by atoms with Crippen molar-refractivity contribution in [2.24, 2.45) is 4.40 Å². The Balaban J connectivity index is 2.51. The summed E-state index contributed by atoms with van der Waals surface area (Å²) in [5.74, 6) is 0.263. The Kier molecular flexibility index (Phi) is 2.22. The zero-order chi connectivity index (χ0) is 11.1. The molecule has 2 rings (SSSR count). The number of fused-ring (bicyclic) bond motifs is 1. The van der Waals surface area contributed by atoms with Crippen LogP contribution in [0.1, 0.15) is 31.0 Å². The summed E-state index contributed by atoms with van der Waals surface area (Å²) in [6.45, 7) is 4.00. The van der Waals surface area contributed by atoms with Gasteiger partial charge >= 0.3 is 10.2 Å². The summed E-state index contributed by atoms with van der Waals surface area (Å²) >= 11 is 0. The number of aromatic nitrogens is 1. The van der Waals surface area contributed by atoms with E-state index in [1.807, 2.05) is 13.8 Å². The Morgan fingerprint density at radius 1 is 1.40 bits per heavy atom. The van der Waals surface area contributed by atoms with Gasteiger partial charge in [0.05, 0.1) is 11.9 Å². The highest BCUT2D eigenvalue weighted by Gasteiger charge is 2.16. The van der Waals surface area contributed by atoms with E-state index in [2.05, 4.69) is 14.1 Å². The van der Waals surface area contributed by atoms with Crippen LogP contribution in [0.3, 0.4) is 0 Å². The maximum atomic E-state index is 11.2. The van der Waals surface area contributed by atoms with Crippen LogP contribution in [0.4, 0.5) is 5.69 Å². The number of hydrogen-bond acceptors (Lipinski definition) is 3. The van der Waals surface area contributed by atoms with Gasteiger partial charge < -0.3 is 0 Å². The molecule has 0 fully saturated rings. The molecule has 0 aromatic carbocycles. The Morgan fingerprint density at radius 3 is 2.80 bits per heavy atom. The molecule has 0 bridgehead atoms. The molecule has 1 aromatic heterocycles. The van der Waals surface area contributed by atoms with Crippen LogP contribution in [-0.4, -0.2) is 19.6 Å². The van der Waals surface area contributed by atoms with E-state index < -0.39 is 10.2 Å². The van der Waals surface area contributed by atoms with Crippen LogP contribution in [-0.2, 0) is 10.2 Å². The van der Waals surface area contributed by atoms with Crippen molar-refractivity contribution in [2.45, 2.75) is 19.8 Å². The lowest BCUT2D eigenvalue weighted by molar-refractivity contribution is 0.603. The Hall–Kier alpha value is -1.43. The quantitative estimate of drug-likeness (QED) is 0.782. The van der Waals surface area contributed by atoms with Gasteiger partial charge in [-0.05, 0) is 12.0 Å². The van der Waals surface area contributed by atoms with Gasteiger partial charge in [0, 0.05) is 17.5 Å². The lowest BCUT2D eigenvalue weighted by Crippen LogP contribution is -2.16. The molecule has 0 saturated carbocycles. The third-order valence-electron chi connectivity index (χ3n) is 2.12. The fourth-order valence-electron chi connectivity index (χ4n) is 1.28. The van der Waals surface area contributed by atoms with Gasteiger partial charge in [-0.15, -0.1) is 0 Å². The average Bonchev–Trinajstić information content (AvgIpc) is 2.15. The van der Waals surface area contributed by atoms with Gasteiger partial charge in [-0.1, -0.05) is 13.8 Å². The molecule has 6 heteroatoms.